The first-order chi connectivity index (χ1) is 11.6. The van der Waals surface area contributed by atoms with Crippen molar-refractivity contribution in [3.05, 3.63) is 64.1 Å². The van der Waals surface area contributed by atoms with Crippen molar-refractivity contribution in [1.29, 1.82) is 0 Å². The number of fused-ring (bicyclic) bond motifs is 1. The van der Waals surface area contributed by atoms with E-state index in [0.717, 1.165) is 21.9 Å². The van der Waals surface area contributed by atoms with Gasteiger partial charge in [0, 0.05) is 21.5 Å². The van der Waals surface area contributed by atoms with Crippen molar-refractivity contribution < 1.29 is 14.3 Å². The van der Waals surface area contributed by atoms with Crippen molar-refractivity contribution in [3.8, 4) is 16.9 Å². The van der Waals surface area contributed by atoms with Gasteiger partial charge in [-0.15, -0.1) is 0 Å². The summed E-state index contributed by atoms with van der Waals surface area (Å²) in [6.45, 7) is 0. The first kappa shape index (κ1) is 16.6. The SMILES string of the molecule is COC(=O)c1ccc2c(Cl)cc(Cl)c(-c3ccccc3OC)c2c1. The van der Waals surface area contributed by atoms with Crippen LogP contribution in [0.1, 0.15) is 10.4 Å². The number of ether oxygens (including phenoxy) is 2. The van der Waals surface area contributed by atoms with E-state index in [4.69, 9.17) is 32.7 Å². The van der Waals surface area contributed by atoms with Gasteiger partial charge in [-0.3, -0.25) is 0 Å². The Labute approximate surface area is 149 Å². The Morgan fingerprint density at radius 3 is 2.38 bits per heavy atom. The number of rotatable bonds is 3. The number of carbonyl (C=O) groups excluding carboxylic acids is 1. The molecular weight excluding hydrogens is 347 g/mol. The highest BCUT2D eigenvalue weighted by molar-refractivity contribution is 6.41. The zero-order valence-corrected chi connectivity index (χ0v) is 14.6. The second kappa shape index (κ2) is 6.71. The fourth-order valence-corrected chi connectivity index (χ4v) is 3.36. The summed E-state index contributed by atoms with van der Waals surface area (Å²) in [4.78, 5) is 11.9. The lowest BCUT2D eigenvalue weighted by Gasteiger charge is -2.15. The van der Waals surface area contributed by atoms with Gasteiger partial charge in [-0.05, 0) is 29.7 Å². The molecule has 0 aliphatic rings. The molecule has 0 heterocycles. The van der Waals surface area contributed by atoms with E-state index in [-0.39, 0.29) is 0 Å². The molecule has 0 unspecified atom stereocenters. The molecule has 0 fully saturated rings. The lowest BCUT2D eigenvalue weighted by Crippen LogP contribution is -2.01. The maximum atomic E-state index is 11.9. The van der Waals surface area contributed by atoms with E-state index in [9.17, 15) is 4.79 Å². The Balaban J connectivity index is 2.39. The average Bonchev–Trinajstić information content (AvgIpc) is 2.61. The Bertz CT molecular complexity index is 935. The number of carbonyl (C=O) groups is 1. The zero-order chi connectivity index (χ0) is 17.3. The molecule has 0 aliphatic carbocycles. The third kappa shape index (κ3) is 2.81. The highest BCUT2D eigenvalue weighted by Crippen LogP contribution is 2.42. The molecule has 0 atom stereocenters. The predicted molar refractivity (Wildman–Crippen MR) is 97.3 cm³/mol. The van der Waals surface area contributed by atoms with Crippen LogP contribution in [0.5, 0.6) is 5.75 Å². The first-order valence-corrected chi connectivity index (χ1v) is 7.96. The monoisotopic (exact) mass is 360 g/mol. The molecule has 0 aromatic heterocycles. The fourth-order valence-electron chi connectivity index (χ4n) is 2.72. The number of esters is 1. The molecule has 0 amide bonds. The lowest BCUT2D eigenvalue weighted by molar-refractivity contribution is 0.0601. The van der Waals surface area contributed by atoms with E-state index in [1.807, 2.05) is 24.3 Å². The van der Waals surface area contributed by atoms with Crippen LogP contribution in [0.15, 0.2) is 48.5 Å². The van der Waals surface area contributed by atoms with E-state index in [0.29, 0.717) is 21.4 Å². The predicted octanol–water partition coefficient (Wildman–Crippen LogP) is 5.61. The minimum absolute atomic E-state index is 0.418. The summed E-state index contributed by atoms with van der Waals surface area (Å²) in [5.41, 5.74) is 2.02. The largest absolute Gasteiger partial charge is 0.496 e. The number of hydrogen-bond acceptors (Lipinski definition) is 3. The van der Waals surface area contributed by atoms with Gasteiger partial charge in [0.1, 0.15) is 5.75 Å². The van der Waals surface area contributed by atoms with Gasteiger partial charge in [0.15, 0.2) is 0 Å². The van der Waals surface area contributed by atoms with E-state index < -0.39 is 5.97 Å². The Morgan fingerprint density at radius 2 is 1.67 bits per heavy atom. The van der Waals surface area contributed by atoms with Crippen molar-refractivity contribution in [1.82, 2.24) is 0 Å². The van der Waals surface area contributed by atoms with Crippen LogP contribution in [-0.2, 0) is 4.74 Å². The summed E-state index contributed by atoms with van der Waals surface area (Å²) in [6.07, 6.45) is 0. The smallest absolute Gasteiger partial charge is 0.337 e. The van der Waals surface area contributed by atoms with Crippen LogP contribution in [0.4, 0.5) is 0 Å². The van der Waals surface area contributed by atoms with Crippen molar-refractivity contribution in [2.75, 3.05) is 14.2 Å². The second-order valence-electron chi connectivity index (χ2n) is 5.17. The number of halogens is 2. The van der Waals surface area contributed by atoms with Gasteiger partial charge in [0.25, 0.3) is 0 Å². The number of methoxy groups -OCH3 is 2. The molecule has 0 N–H and O–H groups in total. The van der Waals surface area contributed by atoms with Crippen LogP contribution in [0.3, 0.4) is 0 Å². The maximum Gasteiger partial charge on any atom is 0.337 e. The van der Waals surface area contributed by atoms with Crippen LogP contribution in [0.2, 0.25) is 10.0 Å². The molecule has 0 aliphatic heterocycles. The van der Waals surface area contributed by atoms with Crippen molar-refractivity contribution >= 4 is 39.9 Å². The van der Waals surface area contributed by atoms with E-state index in [1.54, 1.807) is 31.4 Å². The summed E-state index contributed by atoms with van der Waals surface area (Å²) < 4.78 is 10.3. The normalized spacial score (nSPS) is 10.7. The van der Waals surface area contributed by atoms with Crippen LogP contribution in [0.25, 0.3) is 21.9 Å². The molecule has 5 heteroatoms. The third-order valence-electron chi connectivity index (χ3n) is 3.84. The molecule has 3 aromatic carbocycles. The van der Waals surface area contributed by atoms with E-state index in [2.05, 4.69) is 0 Å². The minimum atomic E-state index is -0.418. The van der Waals surface area contributed by atoms with Gasteiger partial charge >= 0.3 is 5.97 Å². The highest BCUT2D eigenvalue weighted by atomic mass is 35.5. The topological polar surface area (TPSA) is 35.5 Å². The van der Waals surface area contributed by atoms with Gasteiger partial charge in [-0.25, -0.2) is 4.79 Å². The van der Waals surface area contributed by atoms with Crippen molar-refractivity contribution in [3.63, 3.8) is 0 Å². The molecule has 0 saturated heterocycles. The molecule has 0 bridgehead atoms. The number of hydrogen-bond donors (Lipinski definition) is 0. The second-order valence-corrected chi connectivity index (χ2v) is 5.98. The Kier molecular flexibility index (Phi) is 4.65. The van der Waals surface area contributed by atoms with E-state index >= 15 is 0 Å². The summed E-state index contributed by atoms with van der Waals surface area (Å²) in [7, 11) is 2.95. The quantitative estimate of drug-likeness (QED) is 0.569. The minimum Gasteiger partial charge on any atom is -0.496 e. The molecule has 3 aromatic rings. The molecule has 3 rings (SSSR count). The number of para-hydroxylation sites is 1. The molecular formula is C19H14Cl2O3. The molecule has 122 valence electrons. The van der Waals surface area contributed by atoms with Gasteiger partial charge in [0.05, 0.1) is 24.8 Å². The molecule has 24 heavy (non-hydrogen) atoms. The summed E-state index contributed by atoms with van der Waals surface area (Å²) in [5.74, 6) is 0.269. The lowest BCUT2D eigenvalue weighted by atomic mass is 9.96. The average molecular weight is 361 g/mol. The molecule has 0 saturated carbocycles. The van der Waals surface area contributed by atoms with Crippen LogP contribution < -0.4 is 4.74 Å². The van der Waals surface area contributed by atoms with E-state index in [1.165, 1.54) is 7.11 Å². The maximum absolute atomic E-state index is 11.9. The number of benzene rings is 3. The van der Waals surface area contributed by atoms with Crippen LogP contribution in [0, 0.1) is 0 Å². The summed E-state index contributed by atoms with van der Waals surface area (Å²) in [5, 5.41) is 2.57. The third-order valence-corrected chi connectivity index (χ3v) is 4.45. The van der Waals surface area contributed by atoms with Gasteiger partial charge in [-0.2, -0.15) is 0 Å². The van der Waals surface area contributed by atoms with Crippen molar-refractivity contribution in [2.24, 2.45) is 0 Å². The molecule has 3 nitrogen and oxygen atoms in total. The summed E-state index contributed by atoms with van der Waals surface area (Å²) in [6, 6.07) is 14.5. The van der Waals surface area contributed by atoms with Gasteiger partial charge in [0.2, 0.25) is 0 Å². The standard InChI is InChI=1S/C19H14Cl2O3/c1-23-17-6-4-3-5-13(17)18-14-9-11(19(22)24-2)7-8-12(14)15(20)10-16(18)21/h3-10H,1-2H3. The van der Waals surface area contributed by atoms with Crippen LogP contribution in [-0.4, -0.2) is 20.2 Å². The zero-order valence-electron chi connectivity index (χ0n) is 13.1. The van der Waals surface area contributed by atoms with Gasteiger partial charge < -0.3 is 9.47 Å². The Hall–Kier alpha value is -2.23. The van der Waals surface area contributed by atoms with Crippen molar-refractivity contribution in [2.45, 2.75) is 0 Å². The highest BCUT2D eigenvalue weighted by Gasteiger charge is 2.17. The molecule has 0 radical (unpaired) electrons. The van der Waals surface area contributed by atoms with Gasteiger partial charge in [-0.1, -0.05) is 47.5 Å². The Morgan fingerprint density at radius 1 is 0.917 bits per heavy atom. The first-order valence-electron chi connectivity index (χ1n) is 7.20. The molecule has 0 spiro atoms. The fraction of sp³-hybridized carbons (Fsp3) is 0.105. The van der Waals surface area contributed by atoms with Crippen LogP contribution >= 0.6 is 23.2 Å². The summed E-state index contributed by atoms with van der Waals surface area (Å²) >= 11 is 12.8.